The van der Waals surface area contributed by atoms with Crippen LogP contribution in [0.2, 0.25) is 0 Å². The molecule has 1 fully saturated rings. The van der Waals surface area contributed by atoms with E-state index < -0.39 is 0 Å². The molecule has 0 unspecified atom stereocenters. The molecule has 1 aliphatic rings. The van der Waals surface area contributed by atoms with Gasteiger partial charge in [0.1, 0.15) is 0 Å². The van der Waals surface area contributed by atoms with Crippen molar-refractivity contribution in [3.05, 3.63) is 42.9 Å². The number of aliphatic hydroxyl groups excluding tert-OH is 1. The number of aromatic nitrogens is 3. The second kappa shape index (κ2) is 6.96. The van der Waals surface area contributed by atoms with Gasteiger partial charge >= 0.3 is 0 Å². The number of benzene rings is 1. The third-order valence-electron chi connectivity index (χ3n) is 5.09. The zero-order chi connectivity index (χ0) is 18.1. The molecule has 6 nitrogen and oxygen atoms in total. The number of nitrogens with zero attached hydrogens (tertiary/aromatic N) is 4. The molecule has 2 heterocycles. The minimum atomic E-state index is -0.158. The maximum Gasteiger partial charge on any atom is 0.180 e. The molecule has 1 saturated carbocycles. The molecule has 4 rings (SSSR count). The number of nitrogens with one attached hydrogen (secondary N) is 1. The van der Waals surface area contributed by atoms with Gasteiger partial charge in [0.25, 0.3) is 0 Å². The van der Waals surface area contributed by atoms with Crippen molar-refractivity contribution in [2.45, 2.75) is 37.8 Å². The SMILES string of the molecule is CN(C)c1ccc(-c2cn3ccnc3c(NC3CCC(O)CC3)n2)cc1. The first kappa shape index (κ1) is 16.8. The Hall–Kier alpha value is -2.60. The summed E-state index contributed by atoms with van der Waals surface area (Å²) in [6, 6.07) is 8.73. The highest BCUT2D eigenvalue weighted by atomic mass is 16.3. The first-order valence-electron chi connectivity index (χ1n) is 9.16. The van der Waals surface area contributed by atoms with Crippen molar-refractivity contribution >= 4 is 17.2 Å². The van der Waals surface area contributed by atoms with Crippen LogP contribution in [-0.4, -0.2) is 45.7 Å². The molecule has 6 heteroatoms. The van der Waals surface area contributed by atoms with Crippen LogP contribution in [0.3, 0.4) is 0 Å². The van der Waals surface area contributed by atoms with Gasteiger partial charge in [0.05, 0.1) is 11.8 Å². The van der Waals surface area contributed by atoms with Crippen LogP contribution >= 0.6 is 0 Å². The van der Waals surface area contributed by atoms with Gasteiger partial charge in [0, 0.05) is 50.0 Å². The van der Waals surface area contributed by atoms with E-state index in [0.29, 0.717) is 6.04 Å². The summed E-state index contributed by atoms with van der Waals surface area (Å²) in [6.45, 7) is 0. The van der Waals surface area contributed by atoms with Gasteiger partial charge in [-0.05, 0) is 37.8 Å². The van der Waals surface area contributed by atoms with E-state index in [1.165, 1.54) is 0 Å². The van der Waals surface area contributed by atoms with Crippen molar-refractivity contribution in [2.24, 2.45) is 0 Å². The lowest BCUT2D eigenvalue weighted by atomic mass is 9.93. The molecule has 1 aliphatic carbocycles. The number of hydrogen-bond donors (Lipinski definition) is 2. The zero-order valence-electron chi connectivity index (χ0n) is 15.3. The number of fused-ring (bicyclic) bond motifs is 1. The molecular formula is C20H25N5O. The molecular weight excluding hydrogens is 326 g/mol. The molecule has 2 N–H and O–H groups in total. The van der Waals surface area contributed by atoms with Crippen LogP contribution in [0, 0.1) is 0 Å². The normalized spacial score (nSPS) is 20.3. The second-order valence-corrected chi connectivity index (χ2v) is 7.22. The van der Waals surface area contributed by atoms with Crippen LogP contribution in [0.5, 0.6) is 0 Å². The molecule has 2 aromatic heterocycles. The third kappa shape index (κ3) is 3.37. The lowest BCUT2D eigenvalue weighted by Crippen LogP contribution is -2.28. The zero-order valence-corrected chi connectivity index (χ0v) is 15.3. The highest BCUT2D eigenvalue weighted by molar-refractivity contribution is 5.70. The predicted molar refractivity (Wildman–Crippen MR) is 105 cm³/mol. The molecule has 0 spiro atoms. The smallest absolute Gasteiger partial charge is 0.180 e. The Balaban J connectivity index is 1.66. The van der Waals surface area contributed by atoms with Gasteiger partial charge in [-0.25, -0.2) is 9.97 Å². The van der Waals surface area contributed by atoms with Crippen LogP contribution in [0.1, 0.15) is 25.7 Å². The number of anilines is 2. The number of rotatable bonds is 4. The first-order chi connectivity index (χ1) is 12.6. The van der Waals surface area contributed by atoms with Gasteiger partial charge in [-0.1, -0.05) is 12.1 Å². The fourth-order valence-electron chi connectivity index (χ4n) is 3.51. The Morgan fingerprint density at radius 1 is 1.12 bits per heavy atom. The van der Waals surface area contributed by atoms with Crippen LogP contribution < -0.4 is 10.2 Å². The van der Waals surface area contributed by atoms with E-state index in [1.54, 1.807) is 6.20 Å². The van der Waals surface area contributed by atoms with E-state index in [2.05, 4.69) is 39.5 Å². The van der Waals surface area contributed by atoms with Crippen molar-refractivity contribution < 1.29 is 5.11 Å². The van der Waals surface area contributed by atoms with E-state index in [9.17, 15) is 5.11 Å². The van der Waals surface area contributed by atoms with E-state index in [1.807, 2.05) is 30.9 Å². The summed E-state index contributed by atoms with van der Waals surface area (Å²) < 4.78 is 2.02. The standard InChI is InChI=1S/C20H25N5O/c1-24(2)16-7-3-14(4-8-16)18-13-25-12-11-21-20(25)19(23-18)22-15-5-9-17(26)10-6-15/h3-4,7-8,11-13,15,17,26H,5-6,9-10H2,1-2H3,(H,22,23). The van der Waals surface area contributed by atoms with Crippen molar-refractivity contribution in [3.8, 4) is 11.3 Å². The quantitative estimate of drug-likeness (QED) is 0.756. The molecule has 0 aliphatic heterocycles. The lowest BCUT2D eigenvalue weighted by Gasteiger charge is -2.26. The van der Waals surface area contributed by atoms with Gasteiger partial charge in [0.2, 0.25) is 0 Å². The summed E-state index contributed by atoms with van der Waals surface area (Å²) in [5.41, 5.74) is 3.99. The summed E-state index contributed by atoms with van der Waals surface area (Å²) in [7, 11) is 4.07. The van der Waals surface area contributed by atoms with Gasteiger partial charge < -0.3 is 19.7 Å². The summed E-state index contributed by atoms with van der Waals surface area (Å²) in [5.74, 6) is 0.811. The maximum absolute atomic E-state index is 9.72. The fourth-order valence-corrected chi connectivity index (χ4v) is 3.51. The van der Waals surface area contributed by atoms with Crippen molar-refractivity contribution in [3.63, 3.8) is 0 Å². The Labute approximate surface area is 153 Å². The molecule has 26 heavy (non-hydrogen) atoms. The Morgan fingerprint density at radius 2 is 1.85 bits per heavy atom. The van der Waals surface area contributed by atoms with Crippen molar-refractivity contribution in [2.75, 3.05) is 24.3 Å². The summed E-state index contributed by atoms with van der Waals surface area (Å²) >= 11 is 0. The lowest BCUT2D eigenvalue weighted by molar-refractivity contribution is 0.126. The van der Waals surface area contributed by atoms with E-state index in [0.717, 1.165) is 54.1 Å². The van der Waals surface area contributed by atoms with Crippen molar-refractivity contribution in [1.82, 2.24) is 14.4 Å². The highest BCUT2D eigenvalue weighted by Gasteiger charge is 2.21. The van der Waals surface area contributed by atoms with Gasteiger partial charge in [0.15, 0.2) is 11.5 Å². The summed E-state index contributed by atoms with van der Waals surface area (Å²) in [6.07, 6.45) is 9.20. The van der Waals surface area contributed by atoms with Gasteiger partial charge in [-0.15, -0.1) is 0 Å². The number of imidazole rings is 1. The highest BCUT2D eigenvalue weighted by Crippen LogP contribution is 2.27. The average molecular weight is 351 g/mol. The molecule has 0 radical (unpaired) electrons. The molecule has 0 amide bonds. The van der Waals surface area contributed by atoms with E-state index in [4.69, 9.17) is 4.98 Å². The second-order valence-electron chi connectivity index (χ2n) is 7.22. The minimum Gasteiger partial charge on any atom is -0.393 e. The monoisotopic (exact) mass is 351 g/mol. The van der Waals surface area contributed by atoms with Crippen LogP contribution in [0.25, 0.3) is 16.9 Å². The van der Waals surface area contributed by atoms with E-state index in [-0.39, 0.29) is 6.10 Å². The first-order valence-corrected chi connectivity index (χ1v) is 9.16. The molecule has 1 aromatic carbocycles. The third-order valence-corrected chi connectivity index (χ3v) is 5.09. The summed E-state index contributed by atoms with van der Waals surface area (Å²) in [4.78, 5) is 11.4. The van der Waals surface area contributed by atoms with E-state index >= 15 is 0 Å². The Bertz CT molecular complexity index is 879. The fraction of sp³-hybridized carbons (Fsp3) is 0.400. The van der Waals surface area contributed by atoms with Crippen LogP contribution in [0.4, 0.5) is 11.5 Å². The molecule has 0 saturated heterocycles. The van der Waals surface area contributed by atoms with Gasteiger partial charge in [-0.3, -0.25) is 0 Å². The molecule has 3 aromatic rings. The van der Waals surface area contributed by atoms with Gasteiger partial charge in [-0.2, -0.15) is 0 Å². The van der Waals surface area contributed by atoms with Crippen LogP contribution in [0.15, 0.2) is 42.9 Å². The Kier molecular flexibility index (Phi) is 4.51. The molecule has 0 bridgehead atoms. The average Bonchev–Trinajstić information content (AvgIpc) is 3.12. The predicted octanol–water partition coefficient (Wildman–Crippen LogP) is 3.18. The van der Waals surface area contributed by atoms with Crippen molar-refractivity contribution in [1.29, 1.82) is 0 Å². The number of aliphatic hydroxyl groups is 1. The molecule has 0 atom stereocenters. The maximum atomic E-state index is 9.72. The Morgan fingerprint density at radius 3 is 2.54 bits per heavy atom. The van der Waals surface area contributed by atoms with Crippen LogP contribution in [-0.2, 0) is 0 Å². The largest absolute Gasteiger partial charge is 0.393 e. The minimum absolute atomic E-state index is 0.158. The topological polar surface area (TPSA) is 65.7 Å². The molecule has 136 valence electrons. The number of hydrogen-bond acceptors (Lipinski definition) is 5. The summed E-state index contributed by atoms with van der Waals surface area (Å²) in [5, 5.41) is 13.3.